The third-order valence-electron chi connectivity index (χ3n) is 6.52. The summed E-state index contributed by atoms with van der Waals surface area (Å²) < 4.78 is 35.1. The fraction of sp³-hybridized carbons (Fsp3) is 0.500. The van der Waals surface area contributed by atoms with E-state index in [1.165, 1.54) is 10.9 Å². The maximum Gasteiger partial charge on any atom is 0.340 e. The van der Waals surface area contributed by atoms with Gasteiger partial charge in [0.1, 0.15) is 18.3 Å². The van der Waals surface area contributed by atoms with E-state index in [2.05, 4.69) is 15.3 Å². The zero-order valence-electron chi connectivity index (χ0n) is 20.7. The van der Waals surface area contributed by atoms with E-state index in [-0.39, 0.29) is 0 Å². The van der Waals surface area contributed by atoms with Crippen molar-refractivity contribution in [3.05, 3.63) is 42.2 Å². The van der Waals surface area contributed by atoms with Crippen LogP contribution in [0.2, 0.25) is 0 Å². The lowest BCUT2D eigenvalue weighted by Gasteiger charge is -2.20. The zero-order chi connectivity index (χ0) is 27.8. The summed E-state index contributed by atoms with van der Waals surface area (Å²) in [7, 11) is -9.51. The number of anilines is 2. The van der Waals surface area contributed by atoms with Crippen LogP contribution in [0.4, 0.5) is 11.8 Å². The number of nitrogens with zero attached hydrogens (tertiary/aromatic N) is 5. The highest BCUT2D eigenvalue weighted by Gasteiger charge is 2.46. The van der Waals surface area contributed by atoms with Crippen molar-refractivity contribution in [3.8, 4) is 0 Å². The first-order valence-corrected chi connectivity index (χ1v) is 15.9. The third-order valence-corrected chi connectivity index (χ3v) is 9.97. The summed E-state index contributed by atoms with van der Waals surface area (Å²) in [5, 5.41) is 24.6. The number of aliphatic hydroxyl groups excluding tert-OH is 2. The molecule has 5 rings (SSSR count). The van der Waals surface area contributed by atoms with Crippen molar-refractivity contribution in [2.24, 2.45) is 0 Å². The summed E-state index contributed by atoms with van der Waals surface area (Å²) in [4.78, 5) is 43.6. The predicted octanol–water partition coefficient (Wildman–Crippen LogP) is 0.995. The average Bonchev–Trinajstić information content (AvgIpc) is 3.61. The molecular weight excluding hydrogens is 554 g/mol. The highest BCUT2D eigenvalue weighted by atomic mass is 31.2. The van der Waals surface area contributed by atoms with Gasteiger partial charge >= 0.3 is 15.2 Å². The molecule has 0 spiro atoms. The van der Waals surface area contributed by atoms with E-state index >= 15 is 0 Å². The van der Waals surface area contributed by atoms with E-state index in [0.29, 0.717) is 29.5 Å². The van der Waals surface area contributed by atoms with Crippen LogP contribution in [0.25, 0.3) is 11.2 Å². The molecule has 2 aromatic heterocycles. The number of imidazole rings is 1. The van der Waals surface area contributed by atoms with Crippen LogP contribution in [0.1, 0.15) is 24.6 Å². The van der Waals surface area contributed by atoms with Gasteiger partial charge in [0.2, 0.25) is 5.95 Å². The number of ether oxygens (including phenoxy) is 1. The smallest absolute Gasteiger partial charge is 0.340 e. The number of aliphatic hydroxyl groups is 2. The molecular formula is C22H30N6O9P2. The van der Waals surface area contributed by atoms with Crippen LogP contribution in [-0.4, -0.2) is 88.3 Å². The molecule has 4 heterocycles. The second kappa shape index (κ2) is 11.2. The molecule has 2 aliphatic heterocycles. The maximum absolute atomic E-state index is 12.0. The van der Waals surface area contributed by atoms with Gasteiger partial charge in [0.25, 0.3) is 0 Å². The molecule has 2 saturated heterocycles. The molecule has 1 unspecified atom stereocenters. The topological polar surface area (TPSA) is 213 Å². The van der Waals surface area contributed by atoms with E-state index in [9.17, 15) is 24.2 Å². The molecule has 3 aromatic rings. The van der Waals surface area contributed by atoms with Gasteiger partial charge in [-0.15, -0.1) is 0 Å². The molecule has 15 nitrogen and oxygen atoms in total. The SMILES string of the molecule is O=P(O)(O)CP(=O)(O)OC[C@H]1O[C@@H](n2cnc3c(NCc4ccccc4)nc(N4CCCC4)nc32)[C@H](O)[C@@H]1O. The Balaban J connectivity index is 1.41. The molecule has 0 saturated carbocycles. The van der Waals surface area contributed by atoms with Crippen molar-refractivity contribution >= 4 is 38.1 Å². The largest absolute Gasteiger partial charge is 0.387 e. The first kappa shape index (κ1) is 28.1. The van der Waals surface area contributed by atoms with Gasteiger partial charge in [0, 0.05) is 19.6 Å². The van der Waals surface area contributed by atoms with E-state index in [4.69, 9.17) is 24.0 Å². The highest BCUT2D eigenvalue weighted by molar-refractivity contribution is 7.70. The van der Waals surface area contributed by atoms with E-state index in [1.54, 1.807) is 0 Å². The zero-order valence-corrected chi connectivity index (χ0v) is 22.5. The second-order valence-electron chi connectivity index (χ2n) is 9.52. The number of hydrogen-bond acceptors (Lipinski definition) is 11. The lowest BCUT2D eigenvalue weighted by atomic mass is 10.1. The van der Waals surface area contributed by atoms with Gasteiger partial charge in [-0.1, -0.05) is 30.3 Å². The molecule has 2 fully saturated rings. The summed E-state index contributed by atoms with van der Waals surface area (Å²) >= 11 is 0. The van der Waals surface area contributed by atoms with Gasteiger partial charge in [-0.3, -0.25) is 13.7 Å². The molecule has 5 atom stereocenters. The standard InChI is InChI=1S/C22H30N6O9P2/c29-17-15(11-36-39(34,35)13-38(31,32)33)37-21(18(17)30)28-12-24-16-19(23-10-14-6-2-1-3-7-14)25-22(26-20(16)28)27-8-4-5-9-27/h1-3,6-7,12,15,17-18,21,29-30H,4-5,8-11,13H2,(H,34,35)(H,23,25,26)(H2,31,32,33)/t15-,17-,18-,21-/m1/s1. The van der Waals surface area contributed by atoms with Gasteiger partial charge in [-0.2, -0.15) is 9.97 Å². The first-order valence-electron chi connectivity index (χ1n) is 12.3. The Labute approximate surface area is 223 Å². The van der Waals surface area contributed by atoms with Crippen LogP contribution in [0, 0.1) is 0 Å². The van der Waals surface area contributed by atoms with Crippen LogP contribution >= 0.6 is 15.2 Å². The molecule has 0 radical (unpaired) electrons. The monoisotopic (exact) mass is 584 g/mol. The average molecular weight is 584 g/mol. The number of nitrogens with one attached hydrogen (secondary N) is 1. The lowest BCUT2D eigenvalue weighted by molar-refractivity contribution is -0.0483. The molecule has 0 amide bonds. The fourth-order valence-electron chi connectivity index (χ4n) is 4.61. The second-order valence-corrected chi connectivity index (χ2v) is 13.5. The van der Waals surface area contributed by atoms with Crippen LogP contribution < -0.4 is 10.2 Å². The van der Waals surface area contributed by atoms with Gasteiger partial charge in [-0.05, 0) is 18.4 Å². The van der Waals surface area contributed by atoms with Crippen molar-refractivity contribution in [1.29, 1.82) is 0 Å². The van der Waals surface area contributed by atoms with E-state index in [0.717, 1.165) is 31.5 Å². The Morgan fingerprint density at radius 2 is 1.77 bits per heavy atom. The predicted molar refractivity (Wildman–Crippen MR) is 139 cm³/mol. The Hall–Kier alpha value is -2.45. The van der Waals surface area contributed by atoms with Gasteiger partial charge in [0.15, 0.2) is 29.1 Å². The molecule has 1 aromatic carbocycles. The lowest BCUT2D eigenvalue weighted by Crippen LogP contribution is -2.33. The molecule has 39 heavy (non-hydrogen) atoms. The number of hydrogen-bond donors (Lipinski definition) is 6. The van der Waals surface area contributed by atoms with Gasteiger partial charge < -0.3 is 44.4 Å². The van der Waals surface area contributed by atoms with Crippen LogP contribution in [0.5, 0.6) is 0 Å². The fourth-order valence-corrected chi connectivity index (χ4v) is 7.18. The molecule has 6 N–H and O–H groups in total. The summed E-state index contributed by atoms with van der Waals surface area (Å²) in [5.74, 6) is -0.421. The first-order chi connectivity index (χ1) is 18.5. The number of rotatable bonds is 10. The minimum absolute atomic E-state index is 0.342. The number of benzene rings is 1. The van der Waals surface area contributed by atoms with Crippen molar-refractivity contribution in [3.63, 3.8) is 0 Å². The van der Waals surface area contributed by atoms with E-state index < -0.39 is 52.2 Å². The third kappa shape index (κ3) is 6.49. The minimum atomic E-state index is -4.83. The van der Waals surface area contributed by atoms with Crippen molar-refractivity contribution in [1.82, 2.24) is 19.5 Å². The van der Waals surface area contributed by atoms with Gasteiger partial charge in [0.05, 0.1) is 12.9 Å². The Bertz CT molecular complexity index is 1400. The van der Waals surface area contributed by atoms with Crippen LogP contribution in [0.15, 0.2) is 36.7 Å². The number of aromatic nitrogens is 4. The maximum atomic E-state index is 12.0. The van der Waals surface area contributed by atoms with Crippen molar-refractivity contribution in [2.75, 3.05) is 35.8 Å². The van der Waals surface area contributed by atoms with Crippen molar-refractivity contribution < 1.29 is 43.3 Å². The molecule has 0 bridgehead atoms. The van der Waals surface area contributed by atoms with Crippen LogP contribution in [0.3, 0.4) is 0 Å². The molecule has 212 valence electrons. The highest BCUT2D eigenvalue weighted by Crippen LogP contribution is 2.55. The molecule has 0 aliphatic carbocycles. The van der Waals surface area contributed by atoms with E-state index in [1.807, 2.05) is 35.2 Å². The number of fused-ring (bicyclic) bond motifs is 1. The summed E-state index contributed by atoms with van der Waals surface area (Å²) in [6.45, 7) is 1.37. The minimum Gasteiger partial charge on any atom is -0.387 e. The summed E-state index contributed by atoms with van der Waals surface area (Å²) in [5.41, 5.74) is 1.79. The normalized spacial score (nSPS) is 25.3. The summed E-state index contributed by atoms with van der Waals surface area (Å²) in [6.07, 6.45) is -2.06. The van der Waals surface area contributed by atoms with Gasteiger partial charge in [-0.25, -0.2) is 4.98 Å². The Morgan fingerprint density at radius 1 is 1.05 bits per heavy atom. The Morgan fingerprint density at radius 3 is 2.46 bits per heavy atom. The van der Waals surface area contributed by atoms with Crippen molar-refractivity contribution in [2.45, 2.75) is 43.9 Å². The van der Waals surface area contributed by atoms with Crippen LogP contribution in [-0.2, 0) is 24.9 Å². The molecule has 17 heteroatoms. The summed E-state index contributed by atoms with van der Waals surface area (Å²) in [6, 6.07) is 9.74. The quantitative estimate of drug-likeness (QED) is 0.184. The Kier molecular flexibility index (Phi) is 8.07. The molecule has 2 aliphatic rings.